The summed E-state index contributed by atoms with van der Waals surface area (Å²) in [5, 5.41) is 2.27. The molecule has 0 N–H and O–H groups in total. The van der Waals surface area contributed by atoms with Crippen molar-refractivity contribution in [1.29, 1.82) is 0 Å². The summed E-state index contributed by atoms with van der Waals surface area (Å²) in [4.78, 5) is 9.75. The Morgan fingerprint density at radius 3 is 2.52 bits per heavy atom. The number of rotatable bonds is 2. The van der Waals surface area contributed by atoms with E-state index in [4.69, 9.17) is 14.4 Å². The number of hydrogen-bond donors (Lipinski definition) is 0. The first-order chi connectivity index (χ1) is 14.9. The Labute approximate surface area is 181 Å². The Hall–Kier alpha value is -3.46. The standard InChI is InChI=1S/C28H24N2O/c1-16(2)17-12-13-22-18(14-17)15-29-27(30-22)21-10-7-9-20-24(21)28(3,4)25-19-8-5-6-11-23(19)31-26(20)25/h5-16H,1-4H3. The highest BCUT2D eigenvalue weighted by molar-refractivity contribution is 5.96. The quantitative estimate of drug-likeness (QED) is 0.306. The van der Waals surface area contributed by atoms with Crippen LogP contribution >= 0.6 is 0 Å². The normalized spacial score (nSPS) is 14.4. The van der Waals surface area contributed by atoms with Gasteiger partial charge in [-0.1, -0.05) is 70.2 Å². The van der Waals surface area contributed by atoms with E-state index in [0.29, 0.717) is 5.92 Å². The van der Waals surface area contributed by atoms with E-state index in [0.717, 1.165) is 39.2 Å². The summed E-state index contributed by atoms with van der Waals surface area (Å²) in [7, 11) is 0. The van der Waals surface area contributed by atoms with E-state index in [1.165, 1.54) is 22.1 Å². The predicted octanol–water partition coefficient (Wildman–Crippen LogP) is 7.47. The number of hydrogen-bond acceptors (Lipinski definition) is 3. The second kappa shape index (κ2) is 6.27. The molecule has 3 nitrogen and oxygen atoms in total. The SMILES string of the molecule is CC(C)c1ccc2nc(-c3cccc4c3C(C)(C)c3c-4oc4ccccc34)ncc2c1. The molecule has 3 heteroatoms. The van der Waals surface area contributed by atoms with Crippen LogP contribution in [0.2, 0.25) is 0 Å². The van der Waals surface area contributed by atoms with Gasteiger partial charge in [0.15, 0.2) is 5.82 Å². The van der Waals surface area contributed by atoms with Gasteiger partial charge in [0.1, 0.15) is 11.3 Å². The maximum absolute atomic E-state index is 6.33. The lowest BCUT2D eigenvalue weighted by atomic mass is 9.79. The second-order valence-electron chi connectivity index (χ2n) is 9.32. The van der Waals surface area contributed by atoms with Gasteiger partial charge in [0.25, 0.3) is 0 Å². The first kappa shape index (κ1) is 18.3. The van der Waals surface area contributed by atoms with E-state index in [9.17, 15) is 0 Å². The Morgan fingerprint density at radius 1 is 0.871 bits per heavy atom. The highest BCUT2D eigenvalue weighted by Gasteiger charge is 2.42. The van der Waals surface area contributed by atoms with Crippen LogP contribution < -0.4 is 0 Å². The second-order valence-corrected chi connectivity index (χ2v) is 9.32. The molecule has 3 aromatic carbocycles. The molecular formula is C28H24N2O. The molecule has 0 fully saturated rings. The molecule has 0 radical (unpaired) electrons. The maximum Gasteiger partial charge on any atom is 0.160 e. The number of aromatic nitrogens is 2. The van der Waals surface area contributed by atoms with Crippen LogP contribution in [0.4, 0.5) is 0 Å². The van der Waals surface area contributed by atoms with Gasteiger partial charge >= 0.3 is 0 Å². The number of para-hydroxylation sites is 1. The van der Waals surface area contributed by atoms with Crippen LogP contribution in [0, 0.1) is 0 Å². The van der Waals surface area contributed by atoms with Crippen LogP contribution in [0.25, 0.3) is 44.6 Å². The summed E-state index contributed by atoms with van der Waals surface area (Å²) in [5.74, 6) is 2.23. The monoisotopic (exact) mass is 404 g/mol. The van der Waals surface area contributed by atoms with Crippen molar-refractivity contribution >= 4 is 21.9 Å². The molecule has 0 spiro atoms. The van der Waals surface area contributed by atoms with Gasteiger partial charge in [-0.25, -0.2) is 9.97 Å². The fourth-order valence-electron chi connectivity index (χ4n) is 5.12. The predicted molar refractivity (Wildman–Crippen MR) is 126 cm³/mol. The van der Waals surface area contributed by atoms with E-state index in [1.54, 1.807) is 0 Å². The van der Waals surface area contributed by atoms with Crippen molar-refractivity contribution in [1.82, 2.24) is 9.97 Å². The molecule has 6 rings (SSSR count). The molecule has 0 saturated heterocycles. The van der Waals surface area contributed by atoms with Crippen molar-refractivity contribution in [3.8, 4) is 22.7 Å². The van der Waals surface area contributed by atoms with Gasteiger partial charge in [0.05, 0.1) is 5.52 Å². The third kappa shape index (κ3) is 2.53. The maximum atomic E-state index is 6.33. The highest BCUT2D eigenvalue weighted by atomic mass is 16.3. The van der Waals surface area contributed by atoms with E-state index < -0.39 is 0 Å². The Bertz CT molecular complexity index is 1490. The zero-order chi connectivity index (χ0) is 21.3. The molecule has 0 unspecified atom stereocenters. The van der Waals surface area contributed by atoms with Gasteiger partial charge in [-0.3, -0.25) is 0 Å². The first-order valence-electron chi connectivity index (χ1n) is 10.9. The van der Waals surface area contributed by atoms with E-state index in [1.807, 2.05) is 18.3 Å². The molecule has 0 amide bonds. The van der Waals surface area contributed by atoms with Crippen LogP contribution in [-0.2, 0) is 5.41 Å². The van der Waals surface area contributed by atoms with Crippen molar-refractivity contribution < 1.29 is 4.42 Å². The summed E-state index contributed by atoms with van der Waals surface area (Å²) in [6, 6.07) is 21.2. The van der Waals surface area contributed by atoms with Crippen LogP contribution in [0.5, 0.6) is 0 Å². The van der Waals surface area contributed by atoms with E-state index in [-0.39, 0.29) is 5.41 Å². The number of furan rings is 1. The van der Waals surface area contributed by atoms with Gasteiger partial charge in [0.2, 0.25) is 0 Å². The Morgan fingerprint density at radius 2 is 1.68 bits per heavy atom. The summed E-state index contributed by atoms with van der Waals surface area (Å²) in [6.07, 6.45) is 1.96. The molecule has 0 saturated carbocycles. The van der Waals surface area contributed by atoms with Crippen molar-refractivity contribution in [2.24, 2.45) is 0 Å². The van der Waals surface area contributed by atoms with Crippen LogP contribution in [-0.4, -0.2) is 9.97 Å². The summed E-state index contributed by atoms with van der Waals surface area (Å²) in [5.41, 5.74) is 7.75. The smallest absolute Gasteiger partial charge is 0.160 e. The van der Waals surface area contributed by atoms with Crippen LogP contribution in [0.3, 0.4) is 0 Å². The third-order valence-corrected chi connectivity index (χ3v) is 6.67. The van der Waals surface area contributed by atoms with Crippen molar-refractivity contribution in [3.63, 3.8) is 0 Å². The minimum atomic E-state index is -0.201. The lowest BCUT2D eigenvalue weighted by molar-refractivity contribution is 0.619. The van der Waals surface area contributed by atoms with Gasteiger partial charge in [-0.2, -0.15) is 0 Å². The molecule has 1 aliphatic rings. The van der Waals surface area contributed by atoms with Crippen molar-refractivity contribution in [2.75, 3.05) is 0 Å². The average molecular weight is 405 g/mol. The van der Waals surface area contributed by atoms with Gasteiger partial charge in [-0.15, -0.1) is 0 Å². The lowest BCUT2D eigenvalue weighted by Gasteiger charge is -2.23. The fourth-order valence-corrected chi connectivity index (χ4v) is 5.12. The molecule has 2 heterocycles. The average Bonchev–Trinajstić information content (AvgIpc) is 3.27. The lowest BCUT2D eigenvalue weighted by Crippen LogP contribution is -2.16. The minimum absolute atomic E-state index is 0.201. The highest BCUT2D eigenvalue weighted by Crippen LogP contribution is 2.55. The third-order valence-electron chi connectivity index (χ3n) is 6.67. The summed E-state index contributed by atoms with van der Waals surface area (Å²) in [6.45, 7) is 8.97. The number of fused-ring (bicyclic) bond motifs is 6. The molecule has 0 aliphatic heterocycles. The Kier molecular flexibility index (Phi) is 3.71. The number of benzene rings is 3. The molecule has 5 aromatic rings. The van der Waals surface area contributed by atoms with Gasteiger partial charge in [-0.05, 0) is 35.2 Å². The first-order valence-corrected chi connectivity index (χ1v) is 10.9. The largest absolute Gasteiger partial charge is 0.456 e. The zero-order valence-corrected chi connectivity index (χ0v) is 18.2. The number of nitrogens with zero attached hydrogens (tertiary/aromatic N) is 2. The van der Waals surface area contributed by atoms with Crippen molar-refractivity contribution in [2.45, 2.75) is 39.0 Å². The molecule has 31 heavy (non-hydrogen) atoms. The fraction of sp³-hybridized carbons (Fsp3) is 0.214. The van der Waals surface area contributed by atoms with E-state index >= 15 is 0 Å². The Balaban J connectivity index is 1.57. The molecule has 0 bridgehead atoms. The topological polar surface area (TPSA) is 38.9 Å². The molecule has 2 aromatic heterocycles. The van der Waals surface area contributed by atoms with Crippen molar-refractivity contribution in [3.05, 3.63) is 83.6 Å². The van der Waals surface area contributed by atoms with Gasteiger partial charge < -0.3 is 4.42 Å². The van der Waals surface area contributed by atoms with E-state index in [2.05, 4.69) is 76.2 Å². The molecule has 152 valence electrons. The molecular weight excluding hydrogens is 380 g/mol. The molecule has 1 aliphatic carbocycles. The summed E-state index contributed by atoms with van der Waals surface area (Å²) >= 11 is 0. The van der Waals surface area contributed by atoms with Crippen LogP contribution in [0.15, 0.2) is 71.3 Å². The van der Waals surface area contributed by atoms with Crippen LogP contribution in [0.1, 0.15) is 50.3 Å². The van der Waals surface area contributed by atoms with Gasteiger partial charge in [0, 0.05) is 39.1 Å². The zero-order valence-electron chi connectivity index (χ0n) is 18.2. The molecule has 0 atom stereocenters. The summed E-state index contributed by atoms with van der Waals surface area (Å²) < 4.78 is 6.33. The minimum Gasteiger partial charge on any atom is -0.456 e.